The van der Waals surface area contributed by atoms with Gasteiger partial charge in [0.2, 0.25) is 5.91 Å². The van der Waals surface area contributed by atoms with E-state index in [0.717, 1.165) is 12.1 Å². The fourth-order valence-corrected chi connectivity index (χ4v) is 2.07. The molecule has 0 aliphatic carbocycles. The highest BCUT2D eigenvalue weighted by Gasteiger charge is 2.09. The van der Waals surface area contributed by atoms with Gasteiger partial charge in [-0.25, -0.2) is 4.98 Å². The first-order valence-corrected chi connectivity index (χ1v) is 6.46. The van der Waals surface area contributed by atoms with E-state index in [-0.39, 0.29) is 11.9 Å². The van der Waals surface area contributed by atoms with Crippen LogP contribution in [0.2, 0.25) is 0 Å². The van der Waals surface area contributed by atoms with Crippen molar-refractivity contribution in [2.45, 2.75) is 25.8 Å². The minimum absolute atomic E-state index is 0.0138. The maximum absolute atomic E-state index is 11.5. The van der Waals surface area contributed by atoms with Gasteiger partial charge in [-0.05, 0) is 20.4 Å². The Morgan fingerprint density at radius 1 is 1.65 bits per heavy atom. The molecule has 2 N–H and O–H groups in total. The van der Waals surface area contributed by atoms with Crippen LogP contribution < -0.4 is 10.6 Å². The van der Waals surface area contributed by atoms with E-state index in [4.69, 9.17) is 4.74 Å². The van der Waals surface area contributed by atoms with Crippen molar-refractivity contribution in [2.75, 3.05) is 26.1 Å². The molecule has 1 heterocycles. The number of thiazole rings is 1. The highest BCUT2D eigenvalue weighted by Crippen LogP contribution is 2.20. The summed E-state index contributed by atoms with van der Waals surface area (Å²) in [7, 11) is 3.51. The zero-order chi connectivity index (χ0) is 12.7. The summed E-state index contributed by atoms with van der Waals surface area (Å²) in [6.07, 6.45) is 1.19. The average Bonchev–Trinajstić information content (AvgIpc) is 2.77. The molecule has 17 heavy (non-hydrogen) atoms. The number of nitrogens with one attached hydrogen (secondary N) is 2. The van der Waals surface area contributed by atoms with Gasteiger partial charge in [-0.15, -0.1) is 11.3 Å². The predicted octanol–water partition coefficient (Wildman–Crippen LogP) is 1.79. The number of nitrogens with zero attached hydrogens (tertiary/aromatic N) is 1. The van der Waals surface area contributed by atoms with Crippen LogP contribution in [0.5, 0.6) is 0 Å². The number of aromatic nitrogens is 1. The Morgan fingerprint density at radius 3 is 3.06 bits per heavy atom. The standard InChI is InChI=1S/C11H19N3O2S/c1-8(12-2)9-7-17-11(13-9)14-10(15)5-4-6-16-3/h7-8,12H,4-6H2,1-3H3,(H,13,14,15). The largest absolute Gasteiger partial charge is 0.385 e. The van der Waals surface area contributed by atoms with E-state index in [2.05, 4.69) is 15.6 Å². The molecule has 0 aliphatic heterocycles. The van der Waals surface area contributed by atoms with Crippen molar-refractivity contribution >= 4 is 22.4 Å². The first-order chi connectivity index (χ1) is 8.17. The van der Waals surface area contributed by atoms with Crippen molar-refractivity contribution in [3.8, 4) is 0 Å². The molecular formula is C11H19N3O2S. The lowest BCUT2D eigenvalue weighted by atomic mass is 10.3. The van der Waals surface area contributed by atoms with Crippen LogP contribution in [0.4, 0.5) is 5.13 Å². The van der Waals surface area contributed by atoms with E-state index in [0.29, 0.717) is 18.2 Å². The van der Waals surface area contributed by atoms with Crippen LogP contribution >= 0.6 is 11.3 Å². The Balaban J connectivity index is 2.40. The molecule has 1 amide bonds. The van der Waals surface area contributed by atoms with Crippen LogP contribution in [0.3, 0.4) is 0 Å². The normalized spacial score (nSPS) is 12.4. The second-order valence-corrected chi connectivity index (χ2v) is 4.59. The Morgan fingerprint density at radius 2 is 2.41 bits per heavy atom. The summed E-state index contributed by atoms with van der Waals surface area (Å²) in [6, 6.07) is 0.199. The zero-order valence-electron chi connectivity index (χ0n) is 10.4. The van der Waals surface area contributed by atoms with Gasteiger partial charge in [-0.2, -0.15) is 0 Å². The highest BCUT2D eigenvalue weighted by molar-refractivity contribution is 7.13. The molecule has 0 aliphatic rings. The number of anilines is 1. The van der Waals surface area contributed by atoms with Gasteiger partial charge in [0, 0.05) is 31.6 Å². The molecule has 1 unspecified atom stereocenters. The third-order valence-electron chi connectivity index (χ3n) is 2.40. The molecule has 0 saturated heterocycles. The van der Waals surface area contributed by atoms with E-state index >= 15 is 0 Å². The van der Waals surface area contributed by atoms with Crippen molar-refractivity contribution in [1.82, 2.24) is 10.3 Å². The van der Waals surface area contributed by atoms with Gasteiger partial charge >= 0.3 is 0 Å². The lowest BCUT2D eigenvalue weighted by molar-refractivity contribution is -0.116. The molecule has 0 spiro atoms. The topological polar surface area (TPSA) is 63.2 Å². The average molecular weight is 257 g/mol. The maximum atomic E-state index is 11.5. The summed E-state index contributed by atoms with van der Waals surface area (Å²) in [5.74, 6) is -0.0138. The Bertz CT molecular complexity index is 354. The number of ether oxygens (including phenoxy) is 1. The summed E-state index contributed by atoms with van der Waals surface area (Å²) in [4.78, 5) is 15.9. The number of rotatable bonds is 7. The number of carbonyl (C=O) groups excluding carboxylic acids is 1. The van der Waals surface area contributed by atoms with E-state index in [1.54, 1.807) is 7.11 Å². The number of carbonyl (C=O) groups is 1. The smallest absolute Gasteiger partial charge is 0.226 e. The molecule has 1 rings (SSSR count). The van der Waals surface area contributed by atoms with Gasteiger partial charge in [0.05, 0.1) is 5.69 Å². The quantitative estimate of drug-likeness (QED) is 0.731. The molecule has 5 nitrogen and oxygen atoms in total. The highest BCUT2D eigenvalue weighted by atomic mass is 32.1. The molecule has 0 saturated carbocycles. The predicted molar refractivity (Wildman–Crippen MR) is 69.3 cm³/mol. The van der Waals surface area contributed by atoms with Crippen LogP contribution in [0.25, 0.3) is 0 Å². The lowest BCUT2D eigenvalue weighted by Gasteiger charge is -2.05. The summed E-state index contributed by atoms with van der Waals surface area (Å²) in [5.41, 5.74) is 0.949. The minimum Gasteiger partial charge on any atom is -0.385 e. The van der Waals surface area contributed by atoms with Crippen molar-refractivity contribution in [1.29, 1.82) is 0 Å². The van der Waals surface area contributed by atoms with Crippen LogP contribution in [0.1, 0.15) is 31.5 Å². The Labute approximate surface area is 106 Å². The van der Waals surface area contributed by atoms with E-state index in [9.17, 15) is 4.79 Å². The van der Waals surface area contributed by atoms with Gasteiger partial charge in [0.15, 0.2) is 5.13 Å². The molecule has 6 heteroatoms. The fourth-order valence-electron chi connectivity index (χ4n) is 1.25. The molecule has 0 fully saturated rings. The molecule has 96 valence electrons. The fraction of sp³-hybridized carbons (Fsp3) is 0.636. The Hall–Kier alpha value is -0.980. The molecule has 1 aromatic rings. The summed E-state index contributed by atoms with van der Waals surface area (Å²) >= 11 is 1.45. The van der Waals surface area contributed by atoms with Gasteiger partial charge in [-0.1, -0.05) is 0 Å². The van der Waals surface area contributed by atoms with Crippen molar-refractivity contribution in [3.63, 3.8) is 0 Å². The molecule has 1 aromatic heterocycles. The molecule has 0 radical (unpaired) electrons. The first kappa shape index (κ1) is 14.1. The van der Waals surface area contributed by atoms with Crippen LogP contribution in [0, 0.1) is 0 Å². The number of methoxy groups -OCH3 is 1. The minimum atomic E-state index is -0.0138. The van der Waals surface area contributed by atoms with Crippen molar-refractivity contribution < 1.29 is 9.53 Å². The summed E-state index contributed by atoms with van der Waals surface area (Å²) < 4.78 is 4.89. The van der Waals surface area contributed by atoms with Crippen molar-refractivity contribution in [2.24, 2.45) is 0 Å². The summed E-state index contributed by atoms with van der Waals surface area (Å²) in [5, 5.41) is 8.50. The van der Waals surface area contributed by atoms with Gasteiger partial charge in [0.25, 0.3) is 0 Å². The van der Waals surface area contributed by atoms with Crippen molar-refractivity contribution in [3.05, 3.63) is 11.1 Å². The number of amides is 1. The first-order valence-electron chi connectivity index (χ1n) is 5.59. The molecule has 1 atom stereocenters. The second kappa shape index (κ2) is 7.37. The monoisotopic (exact) mass is 257 g/mol. The van der Waals surface area contributed by atoms with Crippen LogP contribution in [-0.2, 0) is 9.53 Å². The van der Waals surface area contributed by atoms with Crippen LogP contribution in [-0.4, -0.2) is 31.7 Å². The lowest BCUT2D eigenvalue weighted by Crippen LogP contribution is -2.14. The summed E-state index contributed by atoms with van der Waals surface area (Å²) in [6.45, 7) is 2.63. The van der Waals surface area contributed by atoms with Gasteiger partial charge in [0.1, 0.15) is 0 Å². The molecule has 0 bridgehead atoms. The molecular weight excluding hydrogens is 238 g/mol. The van der Waals surface area contributed by atoms with Gasteiger partial charge in [-0.3, -0.25) is 4.79 Å². The second-order valence-electron chi connectivity index (χ2n) is 3.73. The third kappa shape index (κ3) is 4.80. The van der Waals surface area contributed by atoms with E-state index in [1.165, 1.54) is 11.3 Å². The van der Waals surface area contributed by atoms with E-state index < -0.39 is 0 Å². The zero-order valence-corrected chi connectivity index (χ0v) is 11.3. The number of hydrogen-bond acceptors (Lipinski definition) is 5. The molecule has 0 aromatic carbocycles. The SMILES string of the molecule is CNC(C)c1csc(NC(=O)CCCOC)n1. The third-order valence-corrected chi connectivity index (χ3v) is 3.17. The number of hydrogen-bond donors (Lipinski definition) is 2. The Kier molecular flexibility index (Phi) is 6.10. The van der Waals surface area contributed by atoms with Gasteiger partial charge < -0.3 is 15.4 Å². The van der Waals surface area contributed by atoms with Crippen LogP contribution in [0.15, 0.2) is 5.38 Å². The van der Waals surface area contributed by atoms with E-state index in [1.807, 2.05) is 19.4 Å². The maximum Gasteiger partial charge on any atom is 0.226 e.